The van der Waals surface area contributed by atoms with Gasteiger partial charge in [0, 0.05) is 12.2 Å². The van der Waals surface area contributed by atoms with Gasteiger partial charge in [0.15, 0.2) is 0 Å². The van der Waals surface area contributed by atoms with E-state index in [0.717, 1.165) is 24.8 Å². The van der Waals surface area contributed by atoms with E-state index in [-0.39, 0.29) is 18.3 Å². The number of aryl methyl sites for hydroxylation is 1. The van der Waals surface area contributed by atoms with Crippen LogP contribution in [0.4, 0.5) is 5.69 Å². The molecule has 4 heteroatoms. The van der Waals surface area contributed by atoms with Crippen molar-refractivity contribution in [1.29, 1.82) is 0 Å². The van der Waals surface area contributed by atoms with Gasteiger partial charge in [-0.05, 0) is 63.7 Å². The van der Waals surface area contributed by atoms with Crippen LogP contribution in [0.5, 0.6) is 0 Å². The molecule has 2 aromatic carbocycles. The van der Waals surface area contributed by atoms with Crippen molar-refractivity contribution in [3.63, 3.8) is 0 Å². The molecule has 1 N–H and O–H groups in total. The zero-order valence-electron chi connectivity index (χ0n) is 15.7. The van der Waals surface area contributed by atoms with E-state index < -0.39 is 0 Å². The van der Waals surface area contributed by atoms with Crippen LogP contribution in [0.2, 0.25) is 0 Å². The minimum atomic E-state index is -0.292. The van der Waals surface area contributed by atoms with E-state index in [1.54, 1.807) is 0 Å². The first kappa shape index (κ1) is 18.0. The molecule has 1 aliphatic heterocycles. The fourth-order valence-corrected chi connectivity index (χ4v) is 2.90. The number of rotatable bonds is 6. The van der Waals surface area contributed by atoms with Gasteiger partial charge in [0.1, 0.15) is 0 Å². The van der Waals surface area contributed by atoms with E-state index in [4.69, 9.17) is 9.31 Å². The van der Waals surface area contributed by atoms with Crippen molar-refractivity contribution in [2.75, 3.05) is 11.9 Å². The second-order valence-corrected chi connectivity index (χ2v) is 7.73. The second-order valence-electron chi connectivity index (χ2n) is 7.73. The zero-order valence-corrected chi connectivity index (χ0v) is 15.7. The third-order valence-electron chi connectivity index (χ3n) is 5.25. The molecule has 1 saturated heterocycles. The monoisotopic (exact) mass is 337 g/mol. The van der Waals surface area contributed by atoms with Crippen molar-refractivity contribution >= 4 is 18.3 Å². The summed E-state index contributed by atoms with van der Waals surface area (Å²) in [5.74, 6) is 0. The van der Waals surface area contributed by atoms with E-state index >= 15 is 0 Å². The highest BCUT2D eigenvalue weighted by Gasteiger charge is 2.51. The van der Waals surface area contributed by atoms with E-state index in [1.165, 1.54) is 11.3 Å². The molecule has 2 aromatic rings. The average molecular weight is 337 g/mol. The summed E-state index contributed by atoms with van der Waals surface area (Å²) in [6.07, 6.45) is 2.16. The Hall–Kier alpha value is -1.78. The molecule has 0 radical (unpaired) electrons. The number of nitrogens with one attached hydrogen (secondary N) is 1. The highest BCUT2D eigenvalue weighted by atomic mass is 16.7. The van der Waals surface area contributed by atoms with Crippen molar-refractivity contribution in [2.24, 2.45) is 0 Å². The molecule has 132 valence electrons. The maximum atomic E-state index is 6.11. The Morgan fingerprint density at radius 3 is 2.04 bits per heavy atom. The van der Waals surface area contributed by atoms with E-state index in [1.807, 2.05) is 6.07 Å². The standard InChI is InChI=1S/C21H28BNO2/c1-20(2)21(3,4)25-22(24-20)18-14-12-17(13-15-18)9-8-16-23-19-10-6-5-7-11-19/h5-7,10-15,23H,8-9,16H2,1-4H3. The lowest BCUT2D eigenvalue weighted by Crippen LogP contribution is -2.41. The molecule has 0 aromatic heterocycles. The van der Waals surface area contributed by atoms with Gasteiger partial charge in [-0.2, -0.15) is 0 Å². The minimum absolute atomic E-state index is 0.279. The molecule has 0 spiro atoms. The van der Waals surface area contributed by atoms with Crippen molar-refractivity contribution in [2.45, 2.75) is 51.7 Å². The van der Waals surface area contributed by atoms with Crippen molar-refractivity contribution < 1.29 is 9.31 Å². The van der Waals surface area contributed by atoms with Crippen molar-refractivity contribution in [3.8, 4) is 0 Å². The van der Waals surface area contributed by atoms with Gasteiger partial charge in [0.25, 0.3) is 0 Å². The smallest absolute Gasteiger partial charge is 0.399 e. The number of para-hydroxylation sites is 1. The van der Waals surface area contributed by atoms with Crippen LogP contribution < -0.4 is 10.8 Å². The van der Waals surface area contributed by atoms with Gasteiger partial charge < -0.3 is 14.6 Å². The molecule has 0 bridgehead atoms. The number of anilines is 1. The third kappa shape index (κ3) is 4.25. The quantitative estimate of drug-likeness (QED) is 0.638. The second kappa shape index (κ2) is 7.23. The summed E-state index contributed by atoms with van der Waals surface area (Å²) in [7, 11) is -0.279. The first-order valence-electron chi connectivity index (χ1n) is 9.11. The molecule has 0 unspecified atom stereocenters. The molecule has 3 nitrogen and oxygen atoms in total. The summed E-state index contributed by atoms with van der Waals surface area (Å²) in [5.41, 5.74) is 3.03. The fourth-order valence-electron chi connectivity index (χ4n) is 2.90. The highest BCUT2D eigenvalue weighted by molar-refractivity contribution is 6.62. The average Bonchev–Trinajstić information content (AvgIpc) is 2.81. The molecule has 1 aliphatic rings. The Morgan fingerprint density at radius 2 is 1.44 bits per heavy atom. The molecular weight excluding hydrogens is 309 g/mol. The highest BCUT2D eigenvalue weighted by Crippen LogP contribution is 2.36. The summed E-state index contributed by atoms with van der Waals surface area (Å²) < 4.78 is 12.2. The van der Waals surface area contributed by atoms with Gasteiger partial charge in [0.2, 0.25) is 0 Å². The van der Waals surface area contributed by atoms with Gasteiger partial charge >= 0.3 is 7.12 Å². The van der Waals surface area contributed by atoms with Gasteiger partial charge in [0.05, 0.1) is 11.2 Å². The van der Waals surface area contributed by atoms with Crippen LogP contribution in [-0.4, -0.2) is 24.9 Å². The minimum Gasteiger partial charge on any atom is -0.399 e. The number of benzene rings is 2. The third-order valence-corrected chi connectivity index (χ3v) is 5.25. The van der Waals surface area contributed by atoms with Crippen LogP contribution in [0.1, 0.15) is 39.7 Å². The van der Waals surface area contributed by atoms with Gasteiger partial charge in [-0.25, -0.2) is 0 Å². The predicted molar refractivity (Wildman–Crippen MR) is 105 cm³/mol. The normalized spacial score (nSPS) is 18.3. The maximum Gasteiger partial charge on any atom is 0.494 e. The molecule has 1 fully saturated rings. The summed E-state index contributed by atoms with van der Waals surface area (Å²) in [6, 6.07) is 19.0. The molecule has 0 amide bonds. The molecular formula is C21H28BNO2. The van der Waals surface area contributed by atoms with Crippen LogP contribution in [0.3, 0.4) is 0 Å². The first-order chi connectivity index (χ1) is 11.9. The summed E-state index contributed by atoms with van der Waals surface area (Å²) in [6.45, 7) is 9.31. The van der Waals surface area contributed by atoms with E-state index in [0.29, 0.717) is 0 Å². The van der Waals surface area contributed by atoms with Crippen LogP contribution in [-0.2, 0) is 15.7 Å². The SMILES string of the molecule is CC1(C)OB(c2ccc(CCCNc3ccccc3)cc2)OC1(C)C. The van der Waals surface area contributed by atoms with Crippen LogP contribution in [0, 0.1) is 0 Å². The van der Waals surface area contributed by atoms with Gasteiger partial charge in [-0.1, -0.05) is 42.5 Å². The predicted octanol–water partition coefficient (Wildman–Crippen LogP) is 4.03. The Bertz CT molecular complexity index is 667. The van der Waals surface area contributed by atoms with Crippen LogP contribution >= 0.6 is 0 Å². The number of hydrogen-bond acceptors (Lipinski definition) is 3. The molecule has 25 heavy (non-hydrogen) atoms. The first-order valence-corrected chi connectivity index (χ1v) is 9.11. The topological polar surface area (TPSA) is 30.5 Å². The largest absolute Gasteiger partial charge is 0.494 e. The molecule has 0 atom stereocenters. The number of hydrogen-bond donors (Lipinski definition) is 1. The lowest BCUT2D eigenvalue weighted by molar-refractivity contribution is 0.00578. The molecule has 0 saturated carbocycles. The van der Waals surface area contributed by atoms with Crippen molar-refractivity contribution in [1.82, 2.24) is 0 Å². The fraction of sp³-hybridized carbons (Fsp3) is 0.429. The molecule has 1 heterocycles. The maximum absolute atomic E-state index is 6.11. The lowest BCUT2D eigenvalue weighted by Gasteiger charge is -2.32. The summed E-state index contributed by atoms with van der Waals surface area (Å²) >= 11 is 0. The molecule has 3 rings (SSSR count). The Labute approximate surface area is 151 Å². The Kier molecular flexibility index (Phi) is 5.21. The molecule has 0 aliphatic carbocycles. The summed E-state index contributed by atoms with van der Waals surface area (Å²) in [4.78, 5) is 0. The Balaban J connectivity index is 1.49. The van der Waals surface area contributed by atoms with Gasteiger partial charge in [-0.3, -0.25) is 0 Å². The van der Waals surface area contributed by atoms with E-state index in [2.05, 4.69) is 81.5 Å². The van der Waals surface area contributed by atoms with E-state index in [9.17, 15) is 0 Å². The van der Waals surface area contributed by atoms with Crippen LogP contribution in [0.15, 0.2) is 54.6 Å². The lowest BCUT2D eigenvalue weighted by atomic mass is 9.78. The van der Waals surface area contributed by atoms with Crippen LogP contribution in [0.25, 0.3) is 0 Å². The van der Waals surface area contributed by atoms with Gasteiger partial charge in [-0.15, -0.1) is 0 Å². The van der Waals surface area contributed by atoms with Crippen molar-refractivity contribution in [3.05, 3.63) is 60.2 Å². The zero-order chi connectivity index (χ0) is 17.9. The Morgan fingerprint density at radius 1 is 0.840 bits per heavy atom. The summed E-state index contributed by atoms with van der Waals surface area (Å²) in [5, 5.41) is 3.45.